The highest BCUT2D eigenvalue weighted by atomic mass is 16.6. The van der Waals surface area contributed by atoms with E-state index < -0.39 is 0 Å². The fourth-order valence-electron chi connectivity index (χ4n) is 4.00. The summed E-state index contributed by atoms with van der Waals surface area (Å²) in [6.07, 6.45) is 0.559. The van der Waals surface area contributed by atoms with E-state index in [4.69, 9.17) is 14.3 Å². The predicted octanol–water partition coefficient (Wildman–Crippen LogP) is 5.72. The van der Waals surface area contributed by atoms with Crippen LogP contribution in [0, 0.1) is 0 Å². The highest BCUT2D eigenvalue weighted by Crippen LogP contribution is 2.39. The minimum Gasteiger partial charge on any atom is -0.497 e. The van der Waals surface area contributed by atoms with Crippen LogP contribution in [0.5, 0.6) is 11.5 Å². The molecular weight excluding hydrogens is 376 g/mol. The van der Waals surface area contributed by atoms with Crippen molar-refractivity contribution < 1.29 is 14.3 Å². The third-order valence-corrected chi connectivity index (χ3v) is 5.52. The van der Waals surface area contributed by atoms with Crippen LogP contribution in [-0.2, 0) is 4.84 Å². The fourth-order valence-corrected chi connectivity index (χ4v) is 4.00. The van der Waals surface area contributed by atoms with Gasteiger partial charge in [-0.15, -0.1) is 0 Å². The standard InChI is InChI=1S/C25H22N2O3/c1-28-18-13-11-16(12-14-18)22-15-20(27-30-22)25-23(17-7-4-3-5-8-17)19-9-6-10-21(29-2)24(19)26-25/h3-14,22,26H,15H2,1-2H3. The summed E-state index contributed by atoms with van der Waals surface area (Å²) in [5, 5.41) is 5.56. The van der Waals surface area contributed by atoms with E-state index in [-0.39, 0.29) is 6.10 Å². The second-order valence-corrected chi connectivity index (χ2v) is 7.23. The largest absolute Gasteiger partial charge is 0.497 e. The third kappa shape index (κ3) is 3.08. The number of aromatic amines is 1. The van der Waals surface area contributed by atoms with Crippen LogP contribution in [0.1, 0.15) is 23.8 Å². The molecule has 0 saturated heterocycles. The number of nitrogens with zero attached hydrogens (tertiary/aromatic N) is 1. The van der Waals surface area contributed by atoms with Crippen molar-refractivity contribution in [2.75, 3.05) is 14.2 Å². The quantitative estimate of drug-likeness (QED) is 0.468. The molecule has 1 unspecified atom stereocenters. The number of aromatic nitrogens is 1. The normalized spacial score (nSPS) is 15.7. The maximum absolute atomic E-state index is 5.82. The van der Waals surface area contributed by atoms with E-state index in [2.05, 4.69) is 28.3 Å². The summed E-state index contributed by atoms with van der Waals surface area (Å²) in [6, 6.07) is 24.4. The lowest BCUT2D eigenvalue weighted by atomic mass is 9.97. The average molecular weight is 398 g/mol. The van der Waals surface area contributed by atoms with Crippen molar-refractivity contribution in [3.05, 3.63) is 84.1 Å². The Morgan fingerprint density at radius 2 is 1.70 bits per heavy atom. The summed E-state index contributed by atoms with van der Waals surface area (Å²) < 4.78 is 10.8. The van der Waals surface area contributed by atoms with Gasteiger partial charge in [0.15, 0.2) is 6.10 Å². The minimum absolute atomic E-state index is 0.122. The fraction of sp³-hybridized carbons (Fsp3) is 0.160. The van der Waals surface area contributed by atoms with Gasteiger partial charge in [0.2, 0.25) is 0 Å². The van der Waals surface area contributed by atoms with Gasteiger partial charge in [0.05, 0.1) is 25.4 Å². The molecule has 150 valence electrons. The lowest BCUT2D eigenvalue weighted by Crippen LogP contribution is -2.03. The van der Waals surface area contributed by atoms with Gasteiger partial charge in [0.25, 0.3) is 0 Å². The van der Waals surface area contributed by atoms with E-state index in [9.17, 15) is 0 Å². The van der Waals surface area contributed by atoms with Crippen molar-refractivity contribution >= 4 is 16.6 Å². The molecule has 0 spiro atoms. The van der Waals surface area contributed by atoms with Gasteiger partial charge < -0.3 is 19.3 Å². The maximum atomic E-state index is 5.82. The van der Waals surface area contributed by atoms with Gasteiger partial charge in [-0.1, -0.05) is 59.8 Å². The van der Waals surface area contributed by atoms with Gasteiger partial charge in [-0.2, -0.15) is 0 Å². The summed E-state index contributed by atoms with van der Waals surface area (Å²) in [7, 11) is 3.35. The van der Waals surface area contributed by atoms with Crippen molar-refractivity contribution in [3.63, 3.8) is 0 Å². The first-order valence-electron chi connectivity index (χ1n) is 9.89. The number of benzene rings is 3. The first kappa shape index (κ1) is 18.3. The van der Waals surface area contributed by atoms with Gasteiger partial charge in [-0.25, -0.2) is 0 Å². The molecule has 5 heteroatoms. The number of fused-ring (bicyclic) bond motifs is 1. The average Bonchev–Trinajstić information content (AvgIpc) is 3.44. The van der Waals surface area contributed by atoms with Crippen LogP contribution in [0.15, 0.2) is 78.0 Å². The molecule has 0 amide bonds. The number of ether oxygens (including phenoxy) is 2. The molecule has 0 bridgehead atoms. The van der Waals surface area contributed by atoms with Crippen molar-refractivity contribution in [2.24, 2.45) is 5.16 Å². The SMILES string of the molecule is COc1ccc(C2CC(c3[nH]c4c(OC)cccc4c3-c3ccccc3)=NO2)cc1. The number of rotatable bonds is 5. The first-order chi connectivity index (χ1) is 14.8. The van der Waals surface area contributed by atoms with Crippen molar-refractivity contribution in [1.82, 2.24) is 4.98 Å². The molecule has 2 heterocycles. The highest BCUT2D eigenvalue weighted by Gasteiger charge is 2.28. The molecule has 0 aliphatic carbocycles. The Morgan fingerprint density at radius 3 is 2.43 bits per heavy atom. The molecule has 1 N–H and O–H groups in total. The first-order valence-corrected chi connectivity index (χ1v) is 9.89. The van der Waals surface area contributed by atoms with Gasteiger partial charge in [0, 0.05) is 17.4 Å². The van der Waals surface area contributed by atoms with E-state index in [1.54, 1.807) is 14.2 Å². The van der Waals surface area contributed by atoms with Gasteiger partial charge in [-0.05, 0) is 29.3 Å². The summed E-state index contributed by atoms with van der Waals surface area (Å²) >= 11 is 0. The number of nitrogens with one attached hydrogen (secondary N) is 1. The molecule has 3 aromatic carbocycles. The molecule has 1 aliphatic heterocycles. The lowest BCUT2D eigenvalue weighted by Gasteiger charge is -2.09. The third-order valence-electron chi connectivity index (χ3n) is 5.52. The monoisotopic (exact) mass is 398 g/mol. The maximum Gasteiger partial charge on any atom is 0.158 e. The van der Waals surface area contributed by atoms with Crippen LogP contribution >= 0.6 is 0 Å². The number of oxime groups is 1. The summed E-state index contributed by atoms with van der Waals surface area (Å²) in [6.45, 7) is 0. The van der Waals surface area contributed by atoms with Crippen LogP contribution in [0.3, 0.4) is 0 Å². The summed E-state index contributed by atoms with van der Waals surface area (Å²) in [4.78, 5) is 9.38. The van der Waals surface area contributed by atoms with Crippen LogP contribution in [0.4, 0.5) is 0 Å². The van der Waals surface area contributed by atoms with Crippen LogP contribution < -0.4 is 9.47 Å². The molecule has 0 radical (unpaired) electrons. The van der Waals surface area contributed by atoms with E-state index in [0.29, 0.717) is 6.42 Å². The molecule has 5 rings (SSSR count). The zero-order valence-electron chi connectivity index (χ0n) is 16.9. The molecule has 1 aromatic heterocycles. The highest BCUT2D eigenvalue weighted by molar-refractivity contribution is 6.13. The molecule has 5 nitrogen and oxygen atoms in total. The zero-order chi connectivity index (χ0) is 20.5. The molecule has 0 fully saturated rings. The van der Waals surface area contributed by atoms with Crippen LogP contribution in [0.25, 0.3) is 22.0 Å². The minimum atomic E-state index is -0.122. The Hall–Kier alpha value is -3.73. The zero-order valence-corrected chi connectivity index (χ0v) is 16.9. The Labute approximate surface area is 174 Å². The molecule has 1 aliphatic rings. The topological polar surface area (TPSA) is 55.8 Å². The molecule has 1 atom stereocenters. The van der Waals surface area contributed by atoms with E-state index >= 15 is 0 Å². The number of hydrogen-bond acceptors (Lipinski definition) is 4. The Balaban J connectivity index is 1.57. The predicted molar refractivity (Wildman–Crippen MR) is 118 cm³/mol. The van der Waals surface area contributed by atoms with Crippen molar-refractivity contribution in [3.8, 4) is 22.6 Å². The molecule has 4 aromatic rings. The number of H-pyrrole nitrogens is 1. The van der Waals surface area contributed by atoms with Crippen LogP contribution in [0.2, 0.25) is 0 Å². The van der Waals surface area contributed by atoms with Crippen molar-refractivity contribution in [1.29, 1.82) is 0 Å². The molecule has 0 saturated carbocycles. The van der Waals surface area contributed by atoms with Gasteiger partial charge in [-0.3, -0.25) is 0 Å². The van der Waals surface area contributed by atoms with Gasteiger partial charge in [0.1, 0.15) is 17.2 Å². The summed E-state index contributed by atoms with van der Waals surface area (Å²) in [5.41, 5.74) is 6.14. The van der Waals surface area contributed by atoms with Crippen molar-refractivity contribution in [2.45, 2.75) is 12.5 Å². The second kappa shape index (κ2) is 7.59. The van der Waals surface area contributed by atoms with E-state index in [1.165, 1.54) is 0 Å². The lowest BCUT2D eigenvalue weighted by molar-refractivity contribution is 0.0857. The Kier molecular flexibility index (Phi) is 4.64. The van der Waals surface area contributed by atoms with Gasteiger partial charge >= 0.3 is 0 Å². The molecule has 30 heavy (non-hydrogen) atoms. The Morgan fingerprint density at radius 1 is 0.900 bits per heavy atom. The smallest absolute Gasteiger partial charge is 0.158 e. The van der Waals surface area contributed by atoms with Crippen LogP contribution in [-0.4, -0.2) is 24.9 Å². The number of hydrogen-bond donors (Lipinski definition) is 1. The number of methoxy groups -OCH3 is 2. The number of para-hydroxylation sites is 1. The Bertz CT molecular complexity index is 1210. The van der Waals surface area contributed by atoms with E-state index in [0.717, 1.165) is 50.5 Å². The summed E-state index contributed by atoms with van der Waals surface area (Å²) in [5.74, 6) is 1.63. The molecular formula is C25H22N2O3. The second-order valence-electron chi connectivity index (χ2n) is 7.23. The van der Waals surface area contributed by atoms with E-state index in [1.807, 2.05) is 54.6 Å².